The molecule has 2 aromatic rings. The quantitative estimate of drug-likeness (QED) is 0.837. The van der Waals surface area contributed by atoms with Crippen molar-refractivity contribution >= 4 is 39.0 Å². The van der Waals surface area contributed by atoms with Gasteiger partial charge in [0, 0.05) is 21.6 Å². The highest BCUT2D eigenvalue weighted by molar-refractivity contribution is 9.10. The molecule has 2 rings (SSSR count). The molecule has 0 spiro atoms. The zero-order valence-corrected chi connectivity index (χ0v) is 13.5. The summed E-state index contributed by atoms with van der Waals surface area (Å²) in [7, 11) is 0. The van der Waals surface area contributed by atoms with E-state index in [1.165, 1.54) is 10.4 Å². The minimum atomic E-state index is 0.0952. The molecule has 2 atom stereocenters. The third-order valence-electron chi connectivity index (χ3n) is 2.59. The van der Waals surface area contributed by atoms with Crippen molar-refractivity contribution in [1.29, 1.82) is 0 Å². The van der Waals surface area contributed by atoms with E-state index in [9.17, 15) is 0 Å². The van der Waals surface area contributed by atoms with Crippen LogP contribution >= 0.6 is 39.0 Å². The summed E-state index contributed by atoms with van der Waals surface area (Å²) in [5, 5.41) is 3.39. The van der Waals surface area contributed by atoms with Crippen molar-refractivity contribution in [2.24, 2.45) is 5.73 Å². The number of pyridine rings is 1. The Hall–Kier alpha value is -0.360. The summed E-state index contributed by atoms with van der Waals surface area (Å²) in [5.74, 6) is 0. The van der Waals surface area contributed by atoms with E-state index < -0.39 is 0 Å². The van der Waals surface area contributed by atoms with Crippen LogP contribution < -0.4 is 5.73 Å². The zero-order valence-electron chi connectivity index (χ0n) is 10.3. The van der Waals surface area contributed by atoms with Crippen molar-refractivity contribution in [1.82, 2.24) is 4.98 Å². The average molecular weight is 343 g/mol. The summed E-state index contributed by atoms with van der Waals surface area (Å²) in [4.78, 5) is 5.75. The second-order valence-corrected chi connectivity index (χ2v) is 7.21. The molecule has 0 saturated carbocycles. The number of halogens is 1. The third kappa shape index (κ3) is 3.35. The van der Waals surface area contributed by atoms with Crippen LogP contribution in [-0.4, -0.2) is 11.0 Å². The fourth-order valence-corrected chi connectivity index (χ4v) is 4.23. The van der Waals surface area contributed by atoms with Gasteiger partial charge in [0.05, 0.1) is 10.3 Å². The molecule has 0 aromatic carbocycles. The highest BCUT2D eigenvalue weighted by atomic mass is 79.9. The fourth-order valence-electron chi connectivity index (χ4n) is 1.64. The number of aromatic nitrogens is 1. The predicted molar refractivity (Wildman–Crippen MR) is 83.2 cm³/mol. The van der Waals surface area contributed by atoms with Crippen molar-refractivity contribution in [3.63, 3.8) is 0 Å². The van der Waals surface area contributed by atoms with Gasteiger partial charge in [0.1, 0.15) is 0 Å². The summed E-state index contributed by atoms with van der Waals surface area (Å²) in [6, 6.07) is 6.27. The maximum absolute atomic E-state index is 6.12. The van der Waals surface area contributed by atoms with Crippen molar-refractivity contribution in [2.75, 3.05) is 0 Å². The molecule has 0 aliphatic carbocycles. The van der Waals surface area contributed by atoms with Gasteiger partial charge < -0.3 is 5.73 Å². The molecule has 0 radical (unpaired) electrons. The standard InChI is InChI=1S/C13H15BrN2S2/c1-8-5-6-17-12(8)13(9(2)15)18-11-4-3-10(14)7-16-11/h3-7,9,13H,15H2,1-2H3. The molecule has 18 heavy (non-hydrogen) atoms. The first-order valence-electron chi connectivity index (χ1n) is 5.65. The summed E-state index contributed by atoms with van der Waals surface area (Å²) in [6.07, 6.45) is 1.82. The molecule has 2 nitrogen and oxygen atoms in total. The number of nitrogens with two attached hydrogens (primary N) is 1. The normalized spacial score (nSPS) is 14.4. The van der Waals surface area contributed by atoms with Crippen LogP contribution in [0.3, 0.4) is 0 Å². The van der Waals surface area contributed by atoms with Gasteiger partial charge in [0.2, 0.25) is 0 Å². The Morgan fingerprint density at radius 3 is 2.67 bits per heavy atom. The van der Waals surface area contributed by atoms with Crippen molar-refractivity contribution in [3.8, 4) is 0 Å². The number of rotatable bonds is 4. The lowest BCUT2D eigenvalue weighted by Crippen LogP contribution is -2.22. The molecule has 2 unspecified atom stereocenters. The monoisotopic (exact) mass is 342 g/mol. The molecule has 0 saturated heterocycles. The Morgan fingerprint density at radius 2 is 2.17 bits per heavy atom. The minimum Gasteiger partial charge on any atom is -0.327 e. The Kier molecular flexibility index (Phi) is 4.84. The van der Waals surface area contributed by atoms with E-state index >= 15 is 0 Å². The Morgan fingerprint density at radius 1 is 1.39 bits per heavy atom. The largest absolute Gasteiger partial charge is 0.327 e. The smallest absolute Gasteiger partial charge is 0.0967 e. The molecule has 2 N–H and O–H groups in total. The van der Waals surface area contributed by atoms with Crippen LogP contribution in [0.25, 0.3) is 0 Å². The van der Waals surface area contributed by atoms with Crippen molar-refractivity contribution < 1.29 is 0 Å². The van der Waals surface area contributed by atoms with Gasteiger partial charge in [-0.05, 0) is 58.9 Å². The predicted octanol–water partition coefficient (Wildman–Crippen LogP) is 4.39. The molecule has 0 fully saturated rings. The molecular weight excluding hydrogens is 328 g/mol. The molecule has 2 heterocycles. The van der Waals surface area contributed by atoms with Crippen LogP contribution in [0.2, 0.25) is 0 Å². The van der Waals surface area contributed by atoms with Gasteiger partial charge in [0.15, 0.2) is 0 Å². The van der Waals surface area contributed by atoms with Crippen LogP contribution in [-0.2, 0) is 0 Å². The van der Waals surface area contributed by atoms with Crippen molar-refractivity contribution in [3.05, 3.63) is 44.7 Å². The SMILES string of the molecule is Cc1ccsc1C(Sc1ccc(Br)cn1)C(C)N. The van der Waals surface area contributed by atoms with Gasteiger partial charge in [-0.25, -0.2) is 4.98 Å². The summed E-state index contributed by atoms with van der Waals surface area (Å²) >= 11 is 6.90. The summed E-state index contributed by atoms with van der Waals surface area (Å²) in [5.41, 5.74) is 7.44. The van der Waals surface area contributed by atoms with Gasteiger partial charge >= 0.3 is 0 Å². The van der Waals surface area contributed by atoms with Gasteiger partial charge in [-0.3, -0.25) is 0 Å². The highest BCUT2D eigenvalue weighted by Crippen LogP contribution is 2.40. The van der Waals surface area contributed by atoms with Crippen LogP contribution in [0, 0.1) is 6.92 Å². The number of nitrogens with zero attached hydrogens (tertiary/aromatic N) is 1. The molecular formula is C13H15BrN2S2. The van der Waals surface area contributed by atoms with E-state index in [2.05, 4.69) is 46.2 Å². The Bertz CT molecular complexity index is 508. The van der Waals surface area contributed by atoms with E-state index in [0.29, 0.717) is 0 Å². The molecule has 0 bridgehead atoms. The first kappa shape index (κ1) is 14.1. The maximum atomic E-state index is 6.12. The molecule has 5 heteroatoms. The maximum Gasteiger partial charge on any atom is 0.0967 e. The van der Waals surface area contributed by atoms with Crippen LogP contribution in [0.4, 0.5) is 0 Å². The molecule has 0 amide bonds. The lowest BCUT2D eigenvalue weighted by Gasteiger charge is -2.19. The van der Waals surface area contributed by atoms with E-state index in [-0.39, 0.29) is 11.3 Å². The first-order valence-corrected chi connectivity index (χ1v) is 8.21. The fraction of sp³-hybridized carbons (Fsp3) is 0.308. The Balaban J connectivity index is 2.22. The number of aryl methyl sites for hydroxylation is 1. The minimum absolute atomic E-state index is 0.0952. The number of hydrogen-bond acceptors (Lipinski definition) is 4. The van der Waals surface area contributed by atoms with Gasteiger partial charge in [-0.15, -0.1) is 11.3 Å². The second-order valence-electron chi connectivity index (χ2n) is 4.18. The van der Waals surface area contributed by atoms with Crippen LogP contribution in [0.15, 0.2) is 39.3 Å². The molecule has 0 aliphatic rings. The molecule has 0 aliphatic heterocycles. The van der Waals surface area contributed by atoms with Gasteiger partial charge in [-0.2, -0.15) is 0 Å². The summed E-state index contributed by atoms with van der Waals surface area (Å²) < 4.78 is 0.997. The average Bonchev–Trinajstić information content (AvgIpc) is 2.74. The third-order valence-corrected chi connectivity index (χ3v) is 5.71. The first-order chi connectivity index (χ1) is 8.58. The number of hydrogen-bond donors (Lipinski definition) is 1. The van der Waals surface area contributed by atoms with E-state index in [0.717, 1.165) is 9.50 Å². The zero-order chi connectivity index (χ0) is 13.1. The lowest BCUT2D eigenvalue weighted by atomic mass is 10.1. The summed E-state index contributed by atoms with van der Waals surface area (Å²) in [6.45, 7) is 4.19. The van der Waals surface area contributed by atoms with Gasteiger partial charge in [-0.1, -0.05) is 11.8 Å². The topological polar surface area (TPSA) is 38.9 Å². The molecule has 96 valence electrons. The number of thiophene rings is 1. The van der Waals surface area contributed by atoms with Crippen molar-refractivity contribution in [2.45, 2.75) is 30.2 Å². The van der Waals surface area contributed by atoms with E-state index in [1.807, 2.05) is 18.3 Å². The molecule has 2 aromatic heterocycles. The van der Waals surface area contributed by atoms with E-state index in [1.54, 1.807) is 23.1 Å². The Labute approximate surface area is 124 Å². The second kappa shape index (κ2) is 6.19. The number of thioether (sulfide) groups is 1. The van der Waals surface area contributed by atoms with Crippen LogP contribution in [0.1, 0.15) is 22.6 Å². The lowest BCUT2D eigenvalue weighted by molar-refractivity contribution is 0.726. The van der Waals surface area contributed by atoms with Crippen LogP contribution in [0.5, 0.6) is 0 Å². The highest BCUT2D eigenvalue weighted by Gasteiger charge is 2.21. The van der Waals surface area contributed by atoms with Gasteiger partial charge in [0.25, 0.3) is 0 Å². The van der Waals surface area contributed by atoms with E-state index in [4.69, 9.17) is 5.73 Å².